The lowest BCUT2D eigenvalue weighted by atomic mass is 9.94. The molecule has 0 aromatic carbocycles. The topological polar surface area (TPSA) is 35.5 Å². The summed E-state index contributed by atoms with van der Waals surface area (Å²) in [5, 5.41) is 12.2. The zero-order valence-electron chi connectivity index (χ0n) is 10.7. The summed E-state index contributed by atoms with van der Waals surface area (Å²) in [5.41, 5.74) is 0. The second-order valence-corrected chi connectivity index (χ2v) is 4.86. The van der Waals surface area contributed by atoms with Gasteiger partial charge in [-0.15, -0.1) is 0 Å². The smallest absolute Gasteiger partial charge is 0.0443 e. The Labute approximate surface area is 100 Å². The molecule has 0 amide bonds. The van der Waals surface area contributed by atoms with E-state index in [0.717, 1.165) is 25.6 Å². The lowest BCUT2D eigenvalue weighted by Gasteiger charge is -2.34. The van der Waals surface area contributed by atoms with Crippen LogP contribution in [-0.2, 0) is 0 Å². The summed E-state index contributed by atoms with van der Waals surface area (Å²) in [6.07, 6.45) is 9.09. The van der Waals surface area contributed by atoms with Gasteiger partial charge < -0.3 is 15.3 Å². The lowest BCUT2D eigenvalue weighted by Crippen LogP contribution is -2.39. The van der Waals surface area contributed by atoms with Crippen molar-refractivity contribution in [3.05, 3.63) is 0 Å². The predicted octanol–water partition coefficient (Wildman–Crippen LogP) is 1.61. The minimum Gasteiger partial charge on any atom is -0.396 e. The first-order valence-electron chi connectivity index (χ1n) is 6.88. The van der Waals surface area contributed by atoms with E-state index >= 15 is 0 Å². The van der Waals surface area contributed by atoms with Crippen molar-refractivity contribution in [2.45, 2.75) is 51.0 Å². The molecule has 0 heterocycles. The standard InChI is InChI=1S/C13H28N2O/c1-14-9-5-10-15(11-6-12-16)13-7-3-2-4-8-13/h13-14,16H,2-12H2,1H3. The molecule has 96 valence electrons. The minimum absolute atomic E-state index is 0.329. The minimum atomic E-state index is 0.329. The molecular weight excluding hydrogens is 200 g/mol. The SMILES string of the molecule is CNCCCN(CCCO)C1CCCCC1. The number of aliphatic hydroxyl groups excluding tert-OH is 1. The monoisotopic (exact) mass is 228 g/mol. The third-order valence-corrected chi connectivity index (χ3v) is 3.57. The van der Waals surface area contributed by atoms with E-state index in [9.17, 15) is 0 Å². The van der Waals surface area contributed by atoms with E-state index in [1.165, 1.54) is 45.1 Å². The summed E-state index contributed by atoms with van der Waals surface area (Å²) in [4.78, 5) is 2.60. The first kappa shape index (κ1) is 13.9. The number of rotatable bonds is 8. The third-order valence-electron chi connectivity index (χ3n) is 3.57. The molecule has 1 aliphatic rings. The largest absolute Gasteiger partial charge is 0.396 e. The third kappa shape index (κ3) is 5.28. The molecule has 1 rings (SSSR count). The van der Waals surface area contributed by atoms with Gasteiger partial charge in [0, 0.05) is 19.2 Å². The van der Waals surface area contributed by atoms with Gasteiger partial charge in [0.2, 0.25) is 0 Å². The van der Waals surface area contributed by atoms with Crippen LogP contribution in [0.15, 0.2) is 0 Å². The van der Waals surface area contributed by atoms with Crippen LogP contribution in [0.2, 0.25) is 0 Å². The predicted molar refractivity (Wildman–Crippen MR) is 68.7 cm³/mol. The molecule has 0 radical (unpaired) electrons. The second-order valence-electron chi connectivity index (χ2n) is 4.86. The van der Waals surface area contributed by atoms with Crippen molar-refractivity contribution in [2.24, 2.45) is 0 Å². The van der Waals surface area contributed by atoms with E-state index in [-0.39, 0.29) is 0 Å². The molecule has 0 atom stereocenters. The van der Waals surface area contributed by atoms with Gasteiger partial charge in [-0.3, -0.25) is 0 Å². The van der Waals surface area contributed by atoms with Gasteiger partial charge >= 0.3 is 0 Å². The molecule has 1 fully saturated rings. The van der Waals surface area contributed by atoms with Crippen LogP contribution in [0.25, 0.3) is 0 Å². The van der Waals surface area contributed by atoms with Crippen LogP contribution in [-0.4, -0.2) is 49.3 Å². The van der Waals surface area contributed by atoms with Crippen LogP contribution in [0.1, 0.15) is 44.9 Å². The Morgan fingerprint density at radius 3 is 2.44 bits per heavy atom. The van der Waals surface area contributed by atoms with Crippen molar-refractivity contribution in [2.75, 3.05) is 33.3 Å². The van der Waals surface area contributed by atoms with Crippen LogP contribution in [0.3, 0.4) is 0 Å². The van der Waals surface area contributed by atoms with Gasteiger partial charge in [0.05, 0.1) is 0 Å². The Bertz CT molecular complexity index is 158. The van der Waals surface area contributed by atoms with Gasteiger partial charge in [-0.1, -0.05) is 19.3 Å². The van der Waals surface area contributed by atoms with Gasteiger partial charge in [0.25, 0.3) is 0 Å². The summed E-state index contributed by atoms with van der Waals surface area (Å²) in [5.74, 6) is 0. The molecule has 0 spiro atoms. The van der Waals surface area contributed by atoms with E-state index in [1.54, 1.807) is 0 Å². The molecule has 0 aliphatic heterocycles. The molecule has 0 aromatic heterocycles. The van der Waals surface area contributed by atoms with Crippen LogP contribution < -0.4 is 5.32 Å². The Morgan fingerprint density at radius 1 is 1.12 bits per heavy atom. The normalized spacial score (nSPS) is 18.2. The molecule has 1 saturated carbocycles. The maximum absolute atomic E-state index is 8.95. The van der Waals surface area contributed by atoms with E-state index in [4.69, 9.17) is 5.11 Å². The summed E-state index contributed by atoms with van der Waals surface area (Å²) in [6.45, 7) is 3.69. The number of nitrogens with one attached hydrogen (secondary N) is 1. The van der Waals surface area contributed by atoms with E-state index < -0.39 is 0 Å². The highest BCUT2D eigenvalue weighted by Crippen LogP contribution is 2.22. The van der Waals surface area contributed by atoms with Crippen LogP contribution >= 0.6 is 0 Å². The first-order chi connectivity index (χ1) is 7.88. The van der Waals surface area contributed by atoms with Gasteiger partial charge in [-0.05, 0) is 45.8 Å². The van der Waals surface area contributed by atoms with E-state index in [2.05, 4.69) is 10.2 Å². The quantitative estimate of drug-likeness (QED) is 0.620. The zero-order valence-corrected chi connectivity index (χ0v) is 10.7. The zero-order chi connectivity index (χ0) is 11.6. The Hall–Kier alpha value is -0.120. The highest BCUT2D eigenvalue weighted by atomic mass is 16.3. The molecule has 1 aliphatic carbocycles. The Morgan fingerprint density at radius 2 is 1.81 bits per heavy atom. The Balaban J connectivity index is 2.28. The van der Waals surface area contributed by atoms with Crippen molar-refractivity contribution < 1.29 is 5.11 Å². The summed E-state index contributed by atoms with van der Waals surface area (Å²) < 4.78 is 0. The molecule has 3 nitrogen and oxygen atoms in total. The van der Waals surface area contributed by atoms with Crippen molar-refractivity contribution in [3.63, 3.8) is 0 Å². The lowest BCUT2D eigenvalue weighted by molar-refractivity contribution is 0.140. The number of aliphatic hydroxyl groups is 1. The number of hydrogen-bond donors (Lipinski definition) is 2. The van der Waals surface area contributed by atoms with Crippen molar-refractivity contribution >= 4 is 0 Å². The molecule has 0 unspecified atom stereocenters. The summed E-state index contributed by atoms with van der Waals surface area (Å²) >= 11 is 0. The molecule has 0 bridgehead atoms. The molecule has 0 saturated heterocycles. The fraction of sp³-hybridized carbons (Fsp3) is 1.00. The van der Waals surface area contributed by atoms with Crippen molar-refractivity contribution in [1.82, 2.24) is 10.2 Å². The highest BCUT2D eigenvalue weighted by molar-refractivity contribution is 4.76. The average molecular weight is 228 g/mol. The average Bonchev–Trinajstić information content (AvgIpc) is 2.35. The fourth-order valence-electron chi connectivity index (χ4n) is 2.66. The van der Waals surface area contributed by atoms with Crippen LogP contribution in [0.4, 0.5) is 0 Å². The molecule has 16 heavy (non-hydrogen) atoms. The maximum Gasteiger partial charge on any atom is 0.0443 e. The highest BCUT2D eigenvalue weighted by Gasteiger charge is 2.19. The second kappa shape index (κ2) is 8.97. The fourth-order valence-corrected chi connectivity index (χ4v) is 2.66. The number of hydrogen-bond acceptors (Lipinski definition) is 3. The Kier molecular flexibility index (Phi) is 7.81. The van der Waals surface area contributed by atoms with Crippen LogP contribution in [0, 0.1) is 0 Å². The molecular formula is C13H28N2O. The summed E-state index contributed by atoms with van der Waals surface area (Å²) in [7, 11) is 2.01. The number of nitrogens with zero attached hydrogens (tertiary/aromatic N) is 1. The van der Waals surface area contributed by atoms with Gasteiger partial charge in [-0.2, -0.15) is 0 Å². The van der Waals surface area contributed by atoms with E-state index in [1.807, 2.05) is 7.05 Å². The van der Waals surface area contributed by atoms with Gasteiger partial charge in [0.15, 0.2) is 0 Å². The molecule has 0 aromatic rings. The summed E-state index contributed by atoms with van der Waals surface area (Å²) in [6, 6.07) is 0.789. The van der Waals surface area contributed by atoms with Crippen molar-refractivity contribution in [1.29, 1.82) is 0 Å². The molecule has 2 N–H and O–H groups in total. The van der Waals surface area contributed by atoms with E-state index in [0.29, 0.717) is 6.61 Å². The maximum atomic E-state index is 8.95. The van der Waals surface area contributed by atoms with Gasteiger partial charge in [-0.25, -0.2) is 0 Å². The van der Waals surface area contributed by atoms with Gasteiger partial charge in [0.1, 0.15) is 0 Å². The first-order valence-corrected chi connectivity index (χ1v) is 6.88. The van der Waals surface area contributed by atoms with Crippen molar-refractivity contribution in [3.8, 4) is 0 Å². The molecule has 3 heteroatoms. The van der Waals surface area contributed by atoms with Crippen LogP contribution in [0.5, 0.6) is 0 Å².